The van der Waals surface area contributed by atoms with Crippen LogP contribution in [0.25, 0.3) is 8.79 Å². The fourth-order valence-corrected chi connectivity index (χ4v) is 6.68. The summed E-state index contributed by atoms with van der Waals surface area (Å²) in [7, 11) is 0. The average molecular weight is 475 g/mol. The Bertz CT molecular complexity index is 477. The first kappa shape index (κ1) is 15.7. The first-order valence-electron chi connectivity index (χ1n) is 5.75. The normalized spacial score (nSPS) is 10.8. The van der Waals surface area contributed by atoms with E-state index in [1.807, 2.05) is 0 Å². The monoisotopic (exact) mass is 475 g/mol. The van der Waals surface area contributed by atoms with E-state index in [9.17, 15) is 0 Å². The second-order valence-corrected chi connectivity index (χ2v) is 8.01. The summed E-state index contributed by atoms with van der Waals surface area (Å²) < 4.78 is 4.68. The number of nitrogens with one attached hydrogen (secondary N) is 1. The Balaban J connectivity index is 0.00000144. The van der Waals surface area contributed by atoms with E-state index in [0.29, 0.717) is 0 Å². The first-order valence-corrected chi connectivity index (χ1v) is 8.88. The van der Waals surface area contributed by atoms with Crippen molar-refractivity contribution in [3.05, 3.63) is 32.3 Å². The standard InChI is InChI=1S/C13H16BrNTe.BrH/c1-3-15(4-2)9-12-13(14)10-7-5-6-8-11(10)16-12;/h5-8H,3-4,9H2,1-2H3;1H. The Kier molecular flexibility index (Phi) is 6.76. The van der Waals surface area contributed by atoms with Gasteiger partial charge >= 0.3 is 116 Å². The molecule has 0 atom stereocenters. The third kappa shape index (κ3) is 3.58. The molecule has 0 fully saturated rings. The second-order valence-electron chi connectivity index (χ2n) is 3.97. The number of halogens is 2. The molecule has 2 aromatic rings. The van der Waals surface area contributed by atoms with Gasteiger partial charge in [0.25, 0.3) is 0 Å². The maximum Gasteiger partial charge on any atom is -1.00 e. The summed E-state index contributed by atoms with van der Waals surface area (Å²) in [6, 6.07) is 8.84. The van der Waals surface area contributed by atoms with Gasteiger partial charge in [0.05, 0.1) is 0 Å². The van der Waals surface area contributed by atoms with Gasteiger partial charge in [-0.05, 0) is 0 Å². The topological polar surface area (TPSA) is 4.44 Å². The third-order valence-corrected chi connectivity index (χ3v) is 8.08. The van der Waals surface area contributed by atoms with Gasteiger partial charge in [0.15, 0.2) is 0 Å². The van der Waals surface area contributed by atoms with E-state index in [-0.39, 0.29) is 37.4 Å². The minimum absolute atomic E-state index is 0. The second kappa shape index (κ2) is 7.31. The van der Waals surface area contributed by atoms with Crippen molar-refractivity contribution in [3.8, 4) is 0 Å². The fourth-order valence-electron chi connectivity index (χ4n) is 1.91. The van der Waals surface area contributed by atoms with Crippen LogP contribution in [0.2, 0.25) is 0 Å². The van der Waals surface area contributed by atoms with E-state index in [4.69, 9.17) is 0 Å². The number of quaternary nitrogens is 1. The largest absolute Gasteiger partial charge is 1.00 e. The summed E-state index contributed by atoms with van der Waals surface area (Å²) in [5, 5.41) is 1.45. The fraction of sp³-hybridized carbons (Fsp3) is 0.385. The number of hydrogen-bond acceptors (Lipinski definition) is 0. The Morgan fingerprint density at radius 2 is 1.82 bits per heavy atom. The summed E-state index contributed by atoms with van der Waals surface area (Å²) in [5.41, 5.74) is 0. The van der Waals surface area contributed by atoms with E-state index in [1.54, 1.807) is 11.9 Å². The third-order valence-electron chi connectivity index (χ3n) is 3.01. The van der Waals surface area contributed by atoms with Gasteiger partial charge in [0, 0.05) is 0 Å². The van der Waals surface area contributed by atoms with Crippen molar-refractivity contribution in [3.63, 3.8) is 0 Å². The van der Waals surface area contributed by atoms with Crippen molar-refractivity contribution in [1.82, 2.24) is 0 Å². The molecule has 94 valence electrons. The first-order chi connectivity index (χ1) is 7.76. The summed E-state index contributed by atoms with van der Waals surface area (Å²) in [4.78, 5) is 1.69. The molecule has 0 aliphatic heterocycles. The molecule has 1 aromatic carbocycles. The molecule has 0 saturated heterocycles. The summed E-state index contributed by atoms with van der Waals surface area (Å²) >= 11 is 3.68. The molecule has 0 radical (unpaired) electrons. The molecule has 0 aliphatic rings. The van der Waals surface area contributed by atoms with Crippen LogP contribution in [0.15, 0.2) is 28.7 Å². The molecule has 0 saturated carbocycles. The molecule has 2 rings (SSSR count). The van der Waals surface area contributed by atoms with Crippen LogP contribution in [0.4, 0.5) is 0 Å². The van der Waals surface area contributed by atoms with Gasteiger partial charge in [-0.15, -0.1) is 0 Å². The number of rotatable bonds is 4. The SMILES string of the molecule is CC[NH+](CC)Cc1[te]c2ccccc2c1Br.[Br-]. The molecule has 4 heteroatoms. The average Bonchev–Trinajstić information content (AvgIpc) is 2.64. The van der Waals surface area contributed by atoms with Crippen LogP contribution in [0.3, 0.4) is 0 Å². The van der Waals surface area contributed by atoms with Gasteiger partial charge < -0.3 is 17.0 Å². The van der Waals surface area contributed by atoms with Crippen molar-refractivity contribution in [2.75, 3.05) is 13.1 Å². The molecule has 1 aromatic heterocycles. The van der Waals surface area contributed by atoms with E-state index in [2.05, 4.69) is 54.0 Å². The molecule has 0 spiro atoms. The molecule has 0 aliphatic carbocycles. The van der Waals surface area contributed by atoms with Crippen molar-refractivity contribution < 1.29 is 21.9 Å². The number of benzene rings is 1. The Labute approximate surface area is 132 Å². The summed E-state index contributed by atoms with van der Waals surface area (Å²) in [6.07, 6.45) is 0. The van der Waals surface area contributed by atoms with Crippen molar-refractivity contribution >= 4 is 45.1 Å². The molecule has 1 nitrogen and oxygen atoms in total. The van der Waals surface area contributed by atoms with Gasteiger partial charge in [-0.2, -0.15) is 0 Å². The van der Waals surface area contributed by atoms with Crippen LogP contribution in [0.1, 0.15) is 17.4 Å². The predicted molar refractivity (Wildman–Crippen MR) is 74.3 cm³/mol. The quantitative estimate of drug-likeness (QED) is 0.548. The van der Waals surface area contributed by atoms with E-state index < -0.39 is 0 Å². The van der Waals surface area contributed by atoms with Gasteiger partial charge in [0.1, 0.15) is 0 Å². The van der Waals surface area contributed by atoms with Gasteiger partial charge in [-0.25, -0.2) is 0 Å². The van der Waals surface area contributed by atoms with E-state index in [1.165, 1.54) is 29.5 Å². The van der Waals surface area contributed by atoms with Crippen LogP contribution in [-0.4, -0.2) is 33.5 Å². The Morgan fingerprint density at radius 3 is 2.41 bits per heavy atom. The molecule has 0 unspecified atom stereocenters. The minimum atomic E-state index is -0.107. The van der Waals surface area contributed by atoms with Crippen LogP contribution in [-0.2, 0) is 6.54 Å². The van der Waals surface area contributed by atoms with E-state index >= 15 is 0 Å². The smallest absolute Gasteiger partial charge is 1.00 e. The molecule has 0 amide bonds. The van der Waals surface area contributed by atoms with Crippen molar-refractivity contribution in [1.29, 1.82) is 0 Å². The maximum atomic E-state index is 3.79. The minimum Gasteiger partial charge on any atom is -1.00 e. The molecular weight excluding hydrogens is 458 g/mol. The number of hydrogen-bond donors (Lipinski definition) is 1. The number of fused-ring (bicyclic) bond motifs is 1. The van der Waals surface area contributed by atoms with Crippen LogP contribution < -0.4 is 21.9 Å². The van der Waals surface area contributed by atoms with Gasteiger partial charge in [-0.3, -0.25) is 0 Å². The molecule has 1 heterocycles. The maximum absolute atomic E-state index is 3.79. The van der Waals surface area contributed by atoms with Crippen LogP contribution in [0, 0.1) is 0 Å². The van der Waals surface area contributed by atoms with Crippen LogP contribution in [0.5, 0.6) is 0 Å². The summed E-state index contributed by atoms with van der Waals surface area (Å²) in [5.74, 6) is 0. The Hall–Kier alpha value is 0.670. The predicted octanol–water partition coefficient (Wildman–Crippen LogP) is -0.912. The van der Waals surface area contributed by atoms with Crippen molar-refractivity contribution in [2.24, 2.45) is 0 Å². The van der Waals surface area contributed by atoms with Crippen molar-refractivity contribution in [2.45, 2.75) is 20.4 Å². The van der Waals surface area contributed by atoms with E-state index in [0.717, 1.165) is 0 Å². The zero-order valence-corrected chi connectivity index (χ0v) is 15.6. The molecule has 0 bridgehead atoms. The van der Waals surface area contributed by atoms with Crippen LogP contribution >= 0.6 is 15.9 Å². The van der Waals surface area contributed by atoms with Gasteiger partial charge in [-0.1, -0.05) is 0 Å². The molecule has 17 heavy (non-hydrogen) atoms. The summed E-state index contributed by atoms with van der Waals surface area (Å²) in [6.45, 7) is 8.23. The zero-order valence-electron chi connectivity index (χ0n) is 10.1. The van der Waals surface area contributed by atoms with Gasteiger partial charge in [0.2, 0.25) is 0 Å². The Morgan fingerprint density at radius 1 is 1.18 bits per heavy atom. The molecular formula is C13H17Br2NTe. The molecule has 1 N–H and O–H groups in total. The zero-order chi connectivity index (χ0) is 11.5.